The molecule has 2 unspecified atom stereocenters. The van der Waals surface area contributed by atoms with Crippen molar-refractivity contribution in [2.75, 3.05) is 25.6 Å². The number of hydrogen-bond donors (Lipinski definition) is 3. The molecule has 1 aromatic heterocycles. The van der Waals surface area contributed by atoms with Crippen LogP contribution in [0.15, 0.2) is 84.2 Å². The SMILES string of the molecule is COC(=O)C(CO[Si](c1ccccc1)(c1ccccc1)C(C)(C)C)NC(=O)C(COC(C)=O)NC(=O)c1csc(-c2ccc(NC(=O)OC(C)(C)C)cc2Cl)n1. The standard InChI is InChI=1S/C40H47ClN4O9SSi/c1-25(46)52-22-31(43-35(48)33-24-55-36(45-33)29-20-19-26(21-30(29)41)42-38(50)54-39(2,3)4)34(47)44-32(37(49)51-8)23-53-56(40(5,6)7,27-15-11-9-12-16-27)28-17-13-10-14-18-28/h9-21,24,31-32H,22-23H2,1-8H3,(H,42,50)(H,43,48)(H,44,47). The van der Waals surface area contributed by atoms with E-state index < -0.39 is 67.5 Å². The molecule has 3 aromatic carbocycles. The Balaban J connectivity index is 1.55. The zero-order valence-electron chi connectivity index (χ0n) is 32.6. The summed E-state index contributed by atoms with van der Waals surface area (Å²) in [4.78, 5) is 68.9. The van der Waals surface area contributed by atoms with Crippen LogP contribution in [-0.4, -0.2) is 81.2 Å². The number of halogens is 1. The molecule has 0 aliphatic heterocycles. The average molecular weight is 823 g/mol. The van der Waals surface area contributed by atoms with Crippen LogP contribution in [-0.2, 0) is 33.0 Å². The minimum absolute atomic E-state index is 0.0443. The number of methoxy groups -OCH3 is 1. The van der Waals surface area contributed by atoms with E-state index in [1.54, 1.807) is 32.9 Å². The van der Waals surface area contributed by atoms with Crippen LogP contribution in [0.1, 0.15) is 59.0 Å². The van der Waals surface area contributed by atoms with Crippen LogP contribution >= 0.6 is 22.9 Å². The Morgan fingerprint density at radius 2 is 1.45 bits per heavy atom. The minimum atomic E-state index is -3.14. The number of benzene rings is 3. The summed E-state index contributed by atoms with van der Waals surface area (Å²) in [6.45, 7) is 11.8. The molecular formula is C40H47ClN4O9SSi. The molecule has 3 amide bonds. The average Bonchev–Trinajstić information content (AvgIpc) is 3.62. The van der Waals surface area contributed by atoms with Gasteiger partial charge in [-0.3, -0.25) is 19.7 Å². The van der Waals surface area contributed by atoms with Crippen molar-refractivity contribution in [1.29, 1.82) is 0 Å². The number of rotatable bonds is 14. The highest BCUT2D eigenvalue weighted by Gasteiger charge is 2.51. The number of ether oxygens (including phenoxy) is 3. The van der Waals surface area contributed by atoms with Crippen LogP contribution < -0.4 is 26.3 Å². The number of nitrogens with zero attached hydrogens (tertiary/aromatic N) is 1. The van der Waals surface area contributed by atoms with E-state index in [1.165, 1.54) is 18.6 Å². The molecule has 56 heavy (non-hydrogen) atoms. The van der Waals surface area contributed by atoms with Crippen molar-refractivity contribution >= 4 is 77.2 Å². The Kier molecular flexibility index (Phi) is 14.6. The number of hydrogen-bond acceptors (Lipinski definition) is 11. The van der Waals surface area contributed by atoms with Crippen molar-refractivity contribution in [3.05, 3.63) is 95.0 Å². The molecule has 298 valence electrons. The van der Waals surface area contributed by atoms with E-state index >= 15 is 0 Å². The van der Waals surface area contributed by atoms with Crippen molar-refractivity contribution in [3.8, 4) is 10.6 Å². The lowest BCUT2D eigenvalue weighted by Gasteiger charge is -2.43. The molecule has 1 heterocycles. The summed E-state index contributed by atoms with van der Waals surface area (Å²) < 4.78 is 22.4. The lowest BCUT2D eigenvalue weighted by Crippen LogP contribution is -2.68. The number of amides is 3. The van der Waals surface area contributed by atoms with Gasteiger partial charge in [0.15, 0.2) is 0 Å². The number of carbonyl (C=O) groups excluding carboxylic acids is 5. The van der Waals surface area contributed by atoms with E-state index in [0.717, 1.165) is 28.6 Å². The Bertz CT molecular complexity index is 1980. The fourth-order valence-corrected chi connectivity index (χ4v) is 11.6. The van der Waals surface area contributed by atoms with Gasteiger partial charge in [-0.15, -0.1) is 11.3 Å². The van der Waals surface area contributed by atoms with E-state index in [4.69, 9.17) is 30.2 Å². The van der Waals surface area contributed by atoms with E-state index in [2.05, 4.69) is 41.7 Å². The molecule has 4 aromatic rings. The van der Waals surface area contributed by atoms with Gasteiger partial charge in [-0.05, 0) is 54.4 Å². The third kappa shape index (κ3) is 11.2. The molecule has 0 fully saturated rings. The summed E-state index contributed by atoms with van der Waals surface area (Å²) in [5.41, 5.74) is 0.148. The van der Waals surface area contributed by atoms with Crippen molar-refractivity contribution in [3.63, 3.8) is 0 Å². The molecule has 0 radical (unpaired) electrons. The monoisotopic (exact) mass is 822 g/mol. The first-order valence-corrected chi connectivity index (χ1v) is 20.8. The molecule has 2 atom stereocenters. The van der Waals surface area contributed by atoms with Gasteiger partial charge in [0.25, 0.3) is 14.2 Å². The fourth-order valence-electron chi connectivity index (χ4n) is 5.86. The second kappa shape index (κ2) is 18.7. The maximum absolute atomic E-state index is 13.8. The summed E-state index contributed by atoms with van der Waals surface area (Å²) in [7, 11) is -1.94. The molecule has 0 bridgehead atoms. The van der Waals surface area contributed by atoms with Crippen LogP contribution in [0.25, 0.3) is 10.6 Å². The number of esters is 2. The Morgan fingerprint density at radius 1 is 0.839 bits per heavy atom. The quantitative estimate of drug-likeness (QED) is 0.0814. The van der Waals surface area contributed by atoms with Gasteiger partial charge in [0, 0.05) is 23.6 Å². The number of carbonyl (C=O) groups is 5. The third-order valence-corrected chi connectivity index (χ3v) is 14.5. The summed E-state index contributed by atoms with van der Waals surface area (Å²) in [6, 6.07) is 21.6. The normalized spacial score (nSPS) is 12.8. The summed E-state index contributed by atoms with van der Waals surface area (Å²) in [5, 5.41) is 11.4. The Hall–Kier alpha value is -5.09. The first-order chi connectivity index (χ1) is 26.3. The number of thiazole rings is 1. The fraction of sp³-hybridized carbons (Fsp3) is 0.350. The van der Waals surface area contributed by atoms with E-state index in [0.29, 0.717) is 16.3 Å². The maximum Gasteiger partial charge on any atom is 0.412 e. The van der Waals surface area contributed by atoms with Crippen LogP contribution in [0.4, 0.5) is 10.5 Å². The highest BCUT2D eigenvalue weighted by molar-refractivity contribution is 7.13. The molecule has 13 nitrogen and oxygen atoms in total. The van der Waals surface area contributed by atoms with Gasteiger partial charge in [0.2, 0.25) is 5.91 Å². The second-order valence-electron chi connectivity index (χ2n) is 14.7. The van der Waals surface area contributed by atoms with Gasteiger partial charge in [0.05, 0.1) is 18.7 Å². The summed E-state index contributed by atoms with van der Waals surface area (Å²) in [5.74, 6) is -3.04. The van der Waals surface area contributed by atoms with E-state index in [1.807, 2.05) is 60.7 Å². The Labute approximate surface area is 336 Å². The Morgan fingerprint density at radius 3 is 1.96 bits per heavy atom. The van der Waals surface area contributed by atoms with Crippen LogP contribution in [0.3, 0.4) is 0 Å². The minimum Gasteiger partial charge on any atom is -0.467 e. The molecule has 16 heteroatoms. The molecule has 0 spiro atoms. The number of nitrogens with one attached hydrogen (secondary N) is 3. The number of aromatic nitrogens is 1. The zero-order valence-corrected chi connectivity index (χ0v) is 35.1. The lowest BCUT2D eigenvalue weighted by atomic mass is 10.2. The van der Waals surface area contributed by atoms with Gasteiger partial charge in [0.1, 0.15) is 35.0 Å². The van der Waals surface area contributed by atoms with Gasteiger partial charge in [-0.1, -0.05) is 93.0 Å². The summed E-state index contributed by atoms with van der Waals surface area (Å²) >= 11 is 7.65. The van der Waals surface area contributed by atoms with Gasteiger partial charge < -0.3 is 29.3 Å². The highest BCUT2D eigenvalue weighted by Crippen LogP contribution is 2.37. The number of anilines is 1. The van der Waals surface area contributed by atoms with Crippen molar-refractivity contribution in [2.45, 2.75) is 71.2 Å². The van der Waals surface area contributed by atoms with Crippen LogP contribution in [0.2, 0.25) is 10.1 Å². The van der Waals surface area contributed by atoms with Crippen LogP contribution in [0, 0.1) is 0 Å². The molecule has 0 saturated heterocycles. The first kappa shape index (κ1) is 43.6. The predicted octanol–water partition coefficient (Wildman–Crippen LogP) is 5.71. The first-order valence-electron chi connectivity index (χ1n) is 17.7. The van der Waals surface area contributed by atoms with E-state index in [9.17, 15) is 24.0 Å². The van der Waals surface area contributed by atoms with Gasteiger partial charge >= 0.3 is 18.0 Å². The molecular weight excluding hydrogens is 776 g/mol. The van der Waals surface area contributed by atoms with Gasteiger partial charge in [-0.25, -0.2) is 14.6 Å². The lowest BCUT2D eigenvalue weighted by molar-refractivity contribution is -0.148. The predicted molar refractivity (Wildman–Crippen MR) is 218 cm³/mol. The third-order valence-electron chi connectivity index (χ3n) is 8.34. The molecule has 3 N–H and O–H groups in total. The van der Waals surface area contributed by atoms with Crippen molar-refractivity contribution in [2.24, 2.45) is 0 Å². The van der Waals surface area contributed by atoms with Gasteiger partial charge in [-0.2, -0.15) is 0 Å². The zero-order chi connectivity index (χ0) is 41.3. The second-order valence-corrected chi connectivity index (χ2v) is 20.3. The molecule has 4 rings (SSSR count). The van der Waals surface area contributed by atoms with Crippen molar-refractivity contribution in [1.82, 2.24) is 15.6 Å². The van der Waals surface area contributed by atoms with Crippen molar-refractivity contribution < 1.29 is 42.6 Å². The molecule has 0 saturated carbocycles. The summed E-state index contributed by atoms with van der Waals surface area (Å²) in [6.07, 6.45) is -0.647. The van der Waals surface area contributed by atoms with Crippen LogP contribution in [0.5, 0.6) is 0 Å². The largest absolute Gasteiger partial charge is 0.467 e. The van der Waals surface area contributed by atoms with E-state index in [-0.39, 0.29) is 17.3 Å². The smallest absolute Gasteiger partial charge is 0.412 e. The molecule has 0 aliphatic rings. The maximum atomic E-state index is 13.8. The highest BCUT2D eigenvalue weighted by atomic mass is 35.5. The molecule has 0 aliphatic carbocycles. The topological polar surface area (TPSA) is 171 Å².